The monoisotopic (exact) mass is 345 g/mol. The highest BCUT2D eigenvalue weighted by atomic mass is 19.1. The number of hydrogen-bond donors (Lipinski definition) is 0. The minimum atomic E-state index is -0.359. The van der Waals surface area contributed by atoms with Crippen molar-refractivity contribution >= 4 is 11.3 Å². The lowest BCUT2D eigenvalue weighted by Gasteiger charge is -2.08. The molecule has 4 rings (SSSR count). The van der Waals surface area contributed by atoms with Crippen LogP contribution in [0.4, 0.5) is 4.39 Å². The van der Waals surface area contributed by atoms with Gasteiger partial charge in [0.2, 0.25) is 5.78 Å². The van der Waals surface area contributed by atoms with Crippen molar-refractivity contribution in [1.82, 2.24) is 4.40 Å². The van der Waals surface area contributed by atoms with Crippen molar-refractivity contribution < 1.29 is 13.9 Å². The predicted octanol–water partition coefficient (Wildman–Crippen LogP) is 4.89. The van der Waals surface area contributed by atoms with E-state index in [2.05, 4.69) is 0 Å². The molecule has 0 aliphatic rings. The molecule has 0 amide bonds. The second-order valence-electron chi connectivity index (χ2n) is 5.99. The van der Waals surface area contributed by atoms with Crippen LogP contribution in [-0.4, -0.2) is 10.2 Å². The smallest absolute Gasteiger partial charge is 0.209 e. The molecule has 0 fully saturated rings. The molecule has 128 valence electrons. The first-order valence-corrected chi connectivity index (χ1v) is 8.29. The van der Waals surface area contributed by atoms with Crippen molar-refractivity contribution in [2.45, 2.75) is 6.61 Å². The third-order valence-electron chi connectivity index (χ3n) is 4.22. The number of carbonyl (C=O) groups is 1. The number of fused-ring (bicyclic) bond motifs is 1. The number of nitrogens with zero attached hydrogens (tertiary/aromatic N) is 1. The summed E-state index contributed by atoms with van der Waals surface area (Å²) in [6, 6.07) is 22.9. The van der Waals surface area contributed by atoms with Crippen LogP contribution >= 0.6 is 0 Å². The van der Waals surface area contributed by atoms with Crippen LogP contribution in [0.25, 0.3) is 5.52 Å². The minimum Gasteiger partial charge on any atom is -0.489 e. The van der Waals surface area contributed by atoms with Crippen LogP contribution in [-0.2, 0) is 6.61 Å². The molecule has 2 aromatic carbocycles. The van der Waals surface area contributed by atoms with Crippen LogP contribution in [0.1, 0.15) is 21.6 Å². The fourth-order valence-corrected chi connectivity index (χ4v) is 2.85. The summed E-state index contributed by atoms with van der Waals surface area (Å²) in [5, 5.41) is 0. The lowest BCUT2D eigenvalue weighted by Crippen LogP contribution is -2.05. The molecule has 0 saturated heterocycles. The number of aromatic nitrogens is 1. The first-order valence-electron chi connectivity index (χ1n) is 8.29. The Morgan fingerprint density at radius 1 is 0.923 bits per heavy atom. The maximum Gasteiger partial charge on any atom is 0.209 e. The summed E-state index contributed by atoms with van der Waals surface area (Å²) in [6.07, 6.45) is 1.81. The van der Waals surface area contributed by atoms with E-state index in [-0.39, 0.29) is 11.6 Å². The molecule has 0 aliphatic carbocycles. The fraction of sp³-hybridized carbons (Fsp3) is 0.0455. The summed E-state index contributed by atoms with van der Waals surface area (Å²) in [4.78, 5) is 12.7. The zero-order valence-electron chi connectivity index (χ0n) is 13.9. The Hall–Kier alpha value is -3.40. The van der Waals surface area contributed by atoms with Gasteiger partial charge in [0, 0.05) is 23.3 Å². The van der Waals surface area contributed by atoms with Crippen molar-refractivity contribution in [1.29, 1.82) is 0 Å². The van der Waals surface area contributed by atoms with Crippen molar-refractivity contribution in [2.24, 2.45) is 0 Å². The van der Waals surface area contributed by atoms with E-state index in [0.717, 1.165) is 16.8 Å². The van der Waals surface area contributed by atoms with Gasteiger partial charge < -0.3 is 9.14 Å². The van der Waals surface area contributed by atoms with Gasteiger partial charge in [-0.2, -0.15) is 0 Å². The van der Waals surface area contributed by atoms with E-state index in [0.29, 0.717) is 17.9 Å². The average Bonchev–Trinajstić information content (AvgIpc) is 3.10. The Bertz CT molecular complexity index is 1050. The molecule has 0 radical (unpaired) electrons. The third kappa shape index (κ3) is 3.22. The fourth-order valence-electron chi connectivity index (χ4n) is 2.85. The normalized spacial score (nSPS) is 10.8. The highest BCUT2D eigenvalue weighted by molar-refractivity contribution is 6.08. The van der Waals surface area contributed by atoms with Crippen molar-refractivity contribution in [3.63, 3.8) is 0 Å². The quantitative estimate of drug-likeness (QED) is 0.482. The average molecular weight is 345 g/mol. The number of pyridine rings is 1. The van der Waals surface area contributed by atoms with E-state index in [4.69, 9.17) is 4.74 Å². The molecule has 26 heavy (non-hydrogen) atoms. The SMILES string of the molecule is O=C(c1ccc(F)cc1)c1ccc2cc(OCc3ccccc3)ccn12. The molecule has 0 saturated carbocycles. The third-order valence-corrected chi connectivity index (χ3v) is 4.22. The number of halogens is 1. The largest absolute Gasteiger partial charge is 0.489 e. The van der Waals surface area contributed by atoms with E-state index in [9.17, 15) is 9.18 Å². The molecule has 0 spiro atoms. The predicted molar refractivity (Wildman–Crippen MR) is 98.0 cm³/mol. The number of ketones is 1. The maximum atomic E-state index is 13.1. The van der Waals surface area contributed by atoms with Crippen LogP contribution in [0.15, 0.2) is 85.1 Å². The summed E-state index contributed by atoms with van der Waals surface area (Å²) >= 11 is 0. The van der Waals surface area contributed by atoms with Gasteiger partial charge in [0.1, 0.15) is 18.2 Å². The zero-order valence-corrected chi connectivity index (χ0v) is 13.9. The van der Waals surface area contributed by atoms with Gasteiger partial charge >= 0.3 is 0 Å². The van der Waals surface area contributed by atoms with Gasteiger partial charge in [-0.1, -0.05) is 30.3 Å². The maximum absolute atomic E-state index is 13.1. The lowest BCUT2D eigenvalue weighted by molar-refractivity contribution is 0.103. The van der Waals surface area contributed by atoms with Gasteiger partial charge in [-0.15, -0.1) is 0 Å². The van der Waals surface area contributed by atoms with Crippen molar-refractivity contribution in [2.75, 3.05) is 0 Å². The van der Waals surface area contributed by atoms with E-state index >= 15 is 0 Å². The van der Waals surface area contributed by atoms with Gasteiger partial charge in [0.25, 0.3) is 0 Å². The Morgan fingerprint density at radius 3 is 2.46 bits per heavy atom. The number of rotatable bonds is 5. The Kier molecular flexibility index (Phi) is 4.23. The highest BCUT2D eigenvalue weighted by Crippen LogP contribution is 2.20. The van der Waals surface area contributed by atoms with Crippen LogP contribution in [0.5, 0.6) is 5.75 Å². The van der Waals surface area contributed by atoms with Gasteiger partial charge in [0.05, 0.1) is 5.69 Å². The molecule has 0 bridgehead atoms. The van der Waals surface area contributed by atoms with E-state index in [1.165, 1.54) is 24.3 Å². The Balaban J connectivity index is 1.57. The minimum absolute atomic E-state index is 0.150. The van der Waals surface area contributed by atoms with Crippen LogP contribution < -0.4 is 4.74 Å². The molecule has 0 atom stereocenters. The molecule has 3 nitrogen and oxygen atoms in total. The van der Waals surface area contributed by atoms with Crippen LogP contribution in [0, 0.1) is 5.82 Å². The van der Waals surface area contributed by atoms with Gasteiger partial charge in [-0.05, 0) is 48.0 Å². The molecule has 0 unspecified atom stereocenters. The molecular formula is C22H16FNO2. The van der Waals surface area contributed by atoms with Crippen molar-refractivity contribution in [3.8, 4) is 5.75 Å². The standard InChI is InChI=1S/C22H16FNO2/c23-18-8-6-17(7-9-18)22(25)21-11-10-19-14-20(12-13-24(19)21)26-15-16-4-2-1-3-5-16/h1-14H,15H2. The summed E-state index contributed by atoms with van der Waals surface area (Å²) in [7, 11) is 0. The first-order chi connectivity index (χ1) is 12.7. The summed E-state index contributed by atoms with van der Waals surface area (Å²) in [6.45, 7) is 0.485. The first kappa shape index (κ1) is 16.1. The van der Waals surface area contributed by atoms with Gasteiger partial charge in [0.15, 0.2) is 0 Å². The summed E-state index contributed by atoms with van der Waals surface area (Å²) in [5.41, 5.74) is 2.94. The van der Waals surface area contributed by atoms with E-state index < -0.39 is 0 Å². The van der Waals surface area contributed by atoms with Gasteiger partial charge in [-0.25, -0.2) is 4.39 Å². The summed E-state index contributed by atoms with van der Waals surface area (Å²) in [5.74, 6) is 0.227. The topological polar surface area (TPSA) is 30.7 Å². The van der Waals surface area contributed by atoms with E-state index in [1.54, 1.807) is 10.5 Å². The Morgan fingerprint density at radius 2 is 1.69 bits per heavy atom. The number of hydrogen-bond acceptors (Lipinski definition) is 2. The number of benzene rings is 2. The molecule has 2 aromatic heterocycles. The number of ether oxygens (including phenoxy) is 1. The molecule has 4 aromatic rings. The van der Waals surface area contributed by atoms with Crippen LogP contribution in [0.2, 0.25) is 0 Å². The molecule has 2 heterocycles. The number of carbonyl (C=O) groups excluding carboxylic acids is 1. The molecule has 4 heteroatoms. The lowest BCUT2D eigenvalue weighted by atomic mass is 10.1. The second-order valence-corrected chi connectivity index (χ2v) is 5.99. The van der Waals surface area contributed by atoms with Crippen LogP contribution in [0.3, 0.4) is 0 Å². The summed E-state index contributed by atoms with van der Waals surface area (Å²) < 4.78 is 20.7. The van der Waals surface area contributed by atoms with E-state index in [1.807, 2.05) is 54.7 Å². The zero-order chi connectivity index (χ0) is 17.9. The molecule has 0 N–H and O–H groups in total. The molecular weight excluding hydrogens is 329 g/mol. The van der Waals surface area contributed by atoms with Gasteiger partial charge in [-0.3, -0.25) is 4.79 Å². The molecule has 0 aliphatic heterocycles. The Labute approximate surface area is 150 Å². The van der Waals surface area contributed by atoms with Crippen molar-refractivity contribution in [3.05, 3.63) is 108 Å². The highest BCUT2D eigenvalue weighted by Gasteiger charge is 2.13. The second kappa shape index (κ2) is 6.84.